The van der Waals surface area contributed by atoms with Crippen LogP contribution in [0.3, 0.4) is 0 Å². The van der Waals surface area contributed by atoms with Gasteiger partial charge in [-0.1, -0.05) is 318 Å². The Balaban J connectivity index is 5.17. The molecule has 17 nitrogen and oxygen atoms in total. The number of esters is 4. The summed E-state index contributed by atoms with van der Waals surface area (Å²) in [6.07, 6.45) is 48.8. The summed E-state index contributed by atoms with van der Waals surface area (Å²) < 4.78 is 68.3. The summed E-state index contributed by atoms with van der Waals surface area (Å²) in [5.41, 5.74) is 0. The first-order valence-electron chi connectivity index (χ1n) is 37.9. The molecule has 0 spiro atoms. The number of rotatable bonds is 71. The van der Waals surface area contributed by atoms with E-state index >= 15 is 0 Å². The molecule has 0 radical (unpaired) electrons. The smallest absolute Gasteiger partial charge is 0.462 e. The second-order valence-corrected chi connectivity index (χ2v) is 30.4. The maximum absolute atomic E-state index is 13.0. The third kappa shape index (κ3) is 65.4. The number of hydrogen-bond donors (Lipinski definition) is 3. The monoisotopic (exact) mass is 1350 g/mol. The van der Waals surface area contributed by atoms with Gasteiger partial charge in [-0.3, -0.25) is 37.3 Å². The van der Waals surface area contributed by atoms with Gasteiger partial charge in [0.05, 0.1) is 26.4 Å². The van der Waals surface area contributed by atoms with E-state index < -0.39 is 97.5 Å². The highest BCUT2D eigenvalue weighted by atomic mass is 31.2. The third-order valence-corrected chi connectivity index (χ3v) is 19.1. The molecule has 546 valence electrons. The van der Waals surface area contributed by atoms with Crippen molar-refractivity contribution < 1.29 is 80.2 Å². The Hall–Kier alpha value is -1.94. The molecule has 92 heavy (non-hydrogen) atoms. The van der Waals surface area contributed by atoms with Crippen LogP contribution in [-0.2, 0) is 65.4 Å². The van der Waals surface area contributed by atoms with Crippen molar-refractivity contribution in [1.82, 2.24) is 0 Å². The quantitative estimate of drug-likeness (QED) is 0.0222. The minimum atomic E-state index is -4.95. The molecule has 0 aliphatic heterocycles. The fraction of sp³-hybridized carbons (Fsp3) is 0.945. The van der Waals surface area contributed by atoms with Crippen LogP contribution in [0, 0.1) is 17.8 Å². The molecule has 19 heteroatoms. The Labute approximate surface area is 562 Å². The van der Waals surface area contributed by atoms with Gasteiger partial charge in [-0.05, 0) is 43.4 Å². The van der Waals surface area contributed by atoms with E-state index in [1.165, 1.54) is 173 Å². The number of hydrogen-bond acceptors (Lipinski definition) is 15. The minimum absolute atomic E-state index is 0.105. The summed E-state index contributed by atoms with van der Waals surface area (Å²) in [4.78, 5) is 72.5. The van der Waals surface area contributed by atoms with Crippen LogP contribution in [0.15, 0.2) is 0 Å². The second-order valence-electron chi connectivity index (χ2n) is 27.5. The highest BCUT2D eigenvalue weighted by molar-refractivity contribution is 7.47. The first-order chi connectivity index (χ1) is 44.3. The van der Waals surface area contributed by atoms with Gasteiger partial charge in [0.2, 0.25) is 0 Å². The molecule has 0 aromatic carbocycles. The largest absolute Gasteiger partial charge is 0.472 e. The van der Waals surface area contributed by atoms with Gasteiger partial charge in [-0.2, -0.15) is 0 Å². The lowest BCUT2D eigenvalue weighted by molar-refractivity contribution is -0.161. The van der Waals surface area contributed by atoms with Crippen molar-refractivity contribution in [2.75, 3.05) is 39.6 Å². The average Bonchev–Trinajstić information content (AvgIpc) is 1.55. The number of phosphoric acid groups is 2. The van der Waals surface area contributed by atoms with E-state index in [1.54, 1.807) is 0 Å². The zero-order valence-electron chi connectivity index (χ0n) is 60.0. The predicted molar refractivity (Wildman–Crippen MR) is 372 cm³/mol. The fourth-order valence-corrected chi connectivity index (χ4v) is 12.6. The number of aliphatic hydroxyl groups excluding tert-OH is 1. The van der Waals surface area contributed by atoms with Crippen LogP contribution in [0.25, 0.3) is 0 Å². The molecule has 0 rings (SSSR count). The Morgan fingerprint density at radius 3 is 0.826 bits per heavy atom. The zero-order valence-corrected chi connectivity index (χ0v) is 61.8. The second kappa shape index (κ2) is 63.8. The summed E-state index contributed by atoms with van der Waals surface area (Å²) in [7, 11) is -9.90. The molecule has 3 N–H and O–H groups in total. The highest BCUT2D eigenvalue weighted by Crippen LogP contribution is 2.45. The molecule has 0 saturated carbocycles. The Morgan fingerprint density at radius 1 is 0.315 bits per heavy atom. The van der Waals surface area contributed by atoms with Crippen molar-refractivity contribution in [2.45, 2.75) is 388 Å². The Bertz CT molecular complexity index is 1800. The van der Waals surface area contributed by atoms with Crippen molar-refractivity contribution in [3.63, 3.8) is 0 Å². The minimum Gasteiger partial charge on any atom is -0.462 e. The third-order valence-electron chi connectivity index (χ3n) is 17.2. The van der Waals surface area contributed by atoms with Gasteiger partial charge in [-0.15, -0.1) is 0 Å². The first-order valence-corrected chi connectivity index (χ1v) is 40.9. The van der Waals surface area contributed by atoms with E-state index in [1.807, 2.05) is 0 Å². The zero-order chi connectivity index (χ0) is 68.0. The van der Waals surface area contributed by atoms with Gasteiger partial charge < -0.3 is 33.8 Å². The lowest BCUT2D eigenvalue weighted by Gasteiger charge is -2.21. The summed E-state index contributed by atoms with van der Waals surface area (Å²) in [6.45, 7) is 11.8. The molecule has 0 aromatic rings. The van der Waals surface area contributed by atoms with E-state index in [0.717, 1.165) is 108 Å². The number of carbonyl (C=O) groups excluding carboxylic acids is 4. The van der Waals surface area contributed by atoms with Crippen LogP contribution in [0.2, 0.25) is 0 Å². The van der Waals surface area contributed by atoms with Crippen LogP contribution in [0.4, 0.5) is 0 Å². The van der Waals surface area contributed by atoms with E-state index in [0.29, 0.717) is 31.6 Å². The molecule has 0 aliphatic carbocycles. The molecular formula is C73H142O17P2. The number of phosphoric ester groups is 2. The average molecular weight is 1350 g/mol. The number of unbranched alkanes of at least 4 members (excludes halogenated alkanes) is 38. The predicted octanol–water partition coefficient (Wildman–Crippen LogP) is 21.0. The lowest BCUT2D eigenvalue weighted by atomic mass is 9.99. The van der Waals surface area contributed by atoms with Crippen molar-refractivity contribution in [3.8, 4) is 0 Å². The normalized spacial score (nSPS) is 14.4. The van der Waals surface area contributed by atoms with Crippen LogP contribution in [-0.4, -0.2) is 96.7 Å². The van der Waals surface area contributed by atoms with Crippen molar-refractivity contribution in [3.05, 3.63) is 0 Å². The molecular weight excluding hydrogens is 1210 g/mol. The lowest BCUT2D eigenvalue weighted by Crippen LogP contribution is -2.30. The van der Waals surface area contributed by atoms with Gasteiger partial charge in [0, 0.05) is 25.7 Å². The van der Waals surface area contributed by atoms with Crippen molar-refractivity contribution in [2.24, 2.45) is 17.8 Å². The number of ether oxygens (including phenoxy) is 4. The van der Waals surface area contributed by atoms with E-state index in [9.17, 15) is 43.2 Å². The summed E-state index contributed by atoms with van der Waals surface area (Å²) in [5, 5.41) is 10.6. The SMILES string of the molecule is CCCCCCCCCCCCC(=O)O[C@H](COC(=O)CCCCCCCCC(C)C)COP(=O)(O)OC[C@H](O)COP(=O)(O)OC[C@@H](COC(=O)CCCCCCCCCCC(C)CC)OC(=O)CCCCCCCCCCCCCCCCCCCCC(C)C. The number of carbonyl (C=O) groups is 4. The van der Waals surface area contributed by atoms with Crippen LogP contribution in [0.5, 0.6) is 0 Å². The molecule has 0 amide bonds. The first kappa shape index (κ1) is 90.1. The summed E-state index contributed by atoms with van der Waals surface area (Å²) in [5.74, 6) is 0.152. The van der Waals surface area contributed by atoms with Gasteiger partial charge in [-0.25, -0.2) is 9.13 Å². The molecule has 0 saturated heterocycles. The molecule has 3 unspecified atom stereocenters. The van der Waals surface area contributed by atoms with Gasteiger partial charge in [0.15, 0.2) is 12.2 Å². The fourth-order valence-electron chi connectivity index (χ4n) is 11.0. The topological polar surface area (TPSA) is 237 Å². The highest BCUT2D eigenvalue weighted by Gasteiger charge is 2.30. The maximum Gasteiger partial charge on any atom is 0.472 e. The summed E-state index contributed by atoms with van der Waals surface area (Å²) >= 11 is 0. The van der Waals surface area contributed by atoms with E-state index in [4.69, 9.17) is 37.0 Å². The van der Waals surface area contributed by atoms with Crippen LogP contribution < -0.4 is 0 Å². The molecule has 0 bridgehead atoms. The van der Waals surface area contributed by atoms with E-state index in [-0.39, 0.29) is 25.7 Å². The van der Waals surface area contributed by atoms with Gasteiger partial charge >= 0.3 is 39.5 Å². The Morgan fingerprint density at radius 2 is 0.554 bits per heavy atom. The van der Waals surface area contributed by atoms with Gasteiger partial charge in [0.25, 0.3) is 0 Å². The van der Waals surface area contributed by atoms with Crippen LogP contribution in [0.1, 0.15) is 370 Å². The summed E-state index contributed by atoms with van der Waals surface area (Å²) in [6, 6.07) is 0. The molecule has 0 aromatic heterocycles. The Kier molecular flexibility index (Phi) is 62.4. The van der Waals surface area contributed by atoms with E-state index in [2.05, 4.69) is 48.5 Å². The molecule has 6 atom stereocenters. The molecule has 0 heterocycles. The standard InChI is InChI=1S/C73H142O17P2/c1-8-10-11-12-13-14-26-33-42-49-56-72(77)90-69(61-84-71(76)55-48-41-36-35-38-45-52-65(5)6)63-88-92(81,82)86-59-67(74)58-85-91(79,80)87-62-68(60-83-70(75)54-47-40-32-29-28-31-39-46-53-66(7)9-2)89-73(78)57-50-43-34-27-24-22-20-18-16-15-17-19-21-23-25-30-37-44-51-64(3)4/h64-69,74H,8-63H2,1-7H3,(H,79,80)(H,81,82)/t66?,67-,68-,69-/m1/s1. The van der Waals surface area contributed by atoms with Gasteiger partial charge in [0.1, 0.15) is 19.3 Å². The van der Waals surface area contributed by atoms with Crippen molar-refractivity contribution in [1.29, 1.82) is 0 Å². The van der Waals surface area contributed by atoms with Crippen molar-refractivity contribution >= 4 is 39.5 Å². The maximum atomic E-state index is 13.0. The molecule has 0 fully saturated rings. The van der Waals surface area contributed by atoms with Crippen LogP contribution >= 0.6 is 15.6 Å². The number of aliphatic hydroxyl groups is 1. The molecule has 0 aliphatic rings.